The number of rotatable bonds is 8. The van der Waals surface area contributed by atoms with Gasteiger partial charge in [-0.3, -0.25) is 0 Å². The molecule has 1 aliphatic heterocycles. The predicted molar refractivity (Wildman–Crippen MR) is 109 cm³/mol. The maximum absolute atomic E-state index is 12.9. The van der Waals surface area contributed by atoms with E-state index in [0.29, 0.717) is 12.1 Å². The minimum atomic E-state index is -4.46. The van der Waals surface area contributed by atoms with E-state index in [0.717, 1.165) is 12.1 Å². The van der Waals surface area contributed by atoms with Crippen LogP contribution in [0.25, 0.3) is 0 Å². The smallest absolute Gasteiger partial charge is 0.416 e. The van der Waals surface area contributed by atoms with Crippen molar-refractivity contribution in [2.45, 2.75) is 33.4 Å². The number of esters is 1. The second-order valence-corrected chi connectivity index (χ2v) is 6.82. The monoisotopic (exact) mass is 440 g/mol. The number of ether oxygens (including phenoxy) is 1. The summed E-state index contributed by atoms with van der Waals surface area (Å²) < 4.78 is 43.6. The summed E-state index contributed by atoms with van der Waals surface area (Å²) in [5, 5.41) is 15.8. The van der Waals surface area contributed by atoms with E-state index in [1.54, 1.807) is 6.92 Å². The van der Waals surface area contributed by atoms with Crippen LogP contribution in [0.15, 0.2) is 44.8 Å². The minimum absolute atomic E-state index is 0.0888. The van der Waals surface area contributed by atoms with Crippen molar-refractivity contribution in [3.8, 4) is 0 Å². The van der Waals surface area contributed by atoms with Gasteiger partial charge in [0.15, 0.2) is 0 Å². The average molecular weight is 440 g/mol. The Morgan fingerprint density at radius 1 is 1.19 bits per heavy atom. The molecule has 1 aromatic carbocycles. The quantitative estimate of drug-likeness (QED) is 0.349. The molecule has 2 rings (SSSR count). The van der Waals surface area contributed by atoms with Gasteiger partial charge < -0.3 is 14.4 Å². The van der Waals surface area contributed by atoms with Crippen LogP contribution in [0.1, 0.15) is 38.3 Å². The first-order chi connectivity index (χ1) is 14.6. The van der Waals surface area contributed by atoms with Gasteiger partial charge in [0.1, 0.15) is 19.4 Å². The SMILES string of the molecule is CCC1=NN=C(C(=NOC)C(=O)OC)C1(C)CON=C(C)c1cccc(C(F)(F)F)c1. The molecule has 0 saturated heterocycles. The average Bonchev–Trinajstić information content (AvgIpc) is 3.06. The lowest BCUT2D eigenvalue weighted by Crippen LogP contribution is -2.44. The van der Waals surface area contributed by atoms with Crippen molar-refractivity contribution >= 4 is 28.8 Å². The van der Waals surface area contributed by atoms with Crippen molar-refractivity contribution in [1.82, 2.24) is 0 Å². The van der Waals surface area contributed by atoms with Crippen LogP contribution in [-0.4, -0.2) is 49.6 Å². The second kappa shape index (κ2) is 9.71. The summed E-state index contributed by atoms with van der Waals surface area (Å²) >= 11 is 0. The maximum atomic E-state index is 12.9. The summed E-state index contributed by atoms with van der Waals surface area (Å²) in [6.45, 7) is 5.04. The molecule has 0 radical (unpaired) electrons. The van der Waals surface area contributed by atoms with Crippen LogP contribution in [0, 0.1) is 5.41 Å². The Morgan fingerprint density at radius 2 is 1.90 bits per heavy atom. The van der Waals surface area contributed by atoms with E-state index in [1.807, 2.05) is 6.92 Å². The van der Waals surface area contributed by atoms with E-state index in [4.69, 9.17) is 14.4 Å². The Balaban J connectivity index is 2.26. The Morgan fingerprint density at radius 3 is 2.48 bits per heavy atom. The molecule has 1 aromatic rings. The Hall–Kier alpha value is -3.24. The van der Waals surface area contributed by atoms with Crippen LogP contribution < -0.4 is 0 Å². The molecule has 1 atom stereocenters. The van der Waals surface area contributed by atoms with Crippen molar-refractivity contribution in [2.75, 3.05) is 20.8 Å². The number of hydrogen-bond acceptors (Lipinski definition) is 8. The molecular weight excluding hydrogens is 417 g/mol. The third-order valence-electron chi connectivity index (χ3n) is 4.71. The molecule has 0 aliphatic carbocycles. The molecule has 8 nitrogen and oxygen atoms in total. The standard InChI is InChI=1S/C20H23F3N4O4/c1-6-15-19(3,17(25-24-15)16(27-30-5)18(28)29-4)11-31-26-12(2)13-8-7-9-14(10-13)20(21,22)23/h7-10H,6,11H2,1-5H3. The number of carbonyl (C=O) groups is 1. The number of methoxy groups -OCH3 is 1. The lowest BCUT2D eigenvalue weighted by atomic mass is 9.78. The molecule has 0 fully saturated rings. The third kappa shape index (κ3) is 5.28. The fraction of sp³-hybridized carbons (Fsp3) is 0.450. The predicted octanol–water partition coefficient (Wildman–Crippen LogP) is 3.85. The van der Waals surface area contributed by atoms with Gasteiger partial charge >= 0.3 is 12.1 Å². The maximum Gasteiger partial charge on any atom is 0.416 e. The van der Waals surface area contributed by atoms with Gasteiger partial charge in [-0.25, -0.2) is 4.79 Å². The first kappa shape index (κ1) is 24.0. The van der Waals surface area contributed by atoms with E-state index in [-0.39, 0.29) is 29.3 Å². The molecule has 0 saturated carbocycles. The number of nitrogens with zero attached hydrogens (tertiary/aromatic N) is 4. The zero-order valence-electron chi connectivity index (χ0n) is 17.8. The van der Waals surface area contributed by atoms with Crippen molar-refractivity contribution in [3.63, 3.8) is 0 Å². The van der Waals surface area contributed by atoms with Gasteiger partial charge in [-0.1, -0.05) is 29.4 Å². The van der Waals surface area contributed by atoms with Gasteiger partial charge in [-0.15, -0.1) is 0 Å². The fourth-order valence-corrected chi connectivity index (χ4v) is 2.99. The summed E-state index contributed by atoms with van der Waals surface area (Å²) in [5.74, 6) is -0.761. The molecule has 0 bridgehead atoms. The topological polar surface area (TPSA) is 94.2 Å². The zero-order chi connectivity index (χ0) is 23.2. The van der Waals surface area contributed by atoms with Crippen LogP contribution in [0.5, 0.6) is 0 Å². The van der Waals surface area contributed by atoms with Crippen LogP contribution in [0.2, 0.25) is 0 Å². The highest BCUT2D eigenvalue weighted by Crippen LogP contribution is 2.31. The lowest BCUT2D eigenvalue weighted by Gasteiger charge is -2.25. The van der Waals surface area contributed by atoms with Crippen molar-refractivity contribution < 1.29 is 32.4 Å². The van der Waals surface area contributed by atoms with Crippen LogP contribution in [-0.2, 0) is 25.4 Å². The fourth-order valence-electron chi connectivity index (χ4n) is 2.99. The zero-order valence-corrected chi connectivity index (χ0v) is 17.8. The van der Waals surface area contributed by atoms with Gasteiger partial charge in [0.25, 0.3) is 0 Å². The van der Waals surface area contributed by atoms with Gasteiger partial charge in [-0.05, 0) is 38.0 Å². The van der Waals surface area contributed by atoms with Gasteiger partial charge in [0, 0.05) is 0 Å². The van der Waals surface area contributed by atoms with Crippen molar-refractivity contribution in [3.05, 3.63) is 35.4 Å². The number of carbonyl (C=O) groups excluding carboxylic acids is 1. The molecule has 0 aromatic heterocycles. The number of benzene rings is 1. The second-order valence-electron chi connectivity index (χ2n) is 6.82. The minimum Gasteiger partial charge on any atom is -0.464 e. The van der Waals surface area contributed by atoms with Gasteiger partial charge in [0.2, 0.25) is 5.71 Å². The van der Waals surface area contributed by atoms with Crippen molar-refractivity contribution in [2.24, 2.45) is 25.9 Å². The number of hydrogen-bond donors (Lipinski definition) is 0. The van der Waals surface area contributed by atoms with E-state index < -0.39 is 23.1 Å². The Labute approximate surface area is 177 Å². The molecule has 1 heterocycles. The molecule has 31 heavy (non-hydrogen) atoms. The molecule has 1 unspecified atom stereocenters. The normalized spacial score (nSPS) is 19.6. The van der Waals surface area contributed by atoms with Gasteiger partial charge in [-0.2, -0.15) is 23.4 Å². The summed E-state index contributed by atoms with van der Waals surface area (Å²) in [6, 6.07) is 4.77. The molecule has 0 N–H and O–H groups in total. The highest BCUT2D eigenvalue weighted by Gasteiger charge is 2.45. The van der Waals surface area contributed by atoms with Gasteiger partial charge in [0.05, 0.1) is 29.5 Å². The first-order valence-electron chi connectivity index (χ1n) is 9.28. The number of alkyl halides is 3. The highest BCUT2D eigenvalue weighted by atomic mass is 19.4. The van der Waals surface area contributed by atoms with E-state index in [2.05, 4.69) is 20.5 Å². The third-order valence-corrected chi connectivity index (χ3v) is 4.71. The first-order valence-corrected chi connectivity index (χ1v) is 9.28. The Bertz CT molecular complexity index is 954. The summed E-state index contributed by atoms with van der Waals surface area (Å²) in [6.07, 6.45) is -3.96. The molecular formula is C20H23F3N4O4. The van der Waals surface area contributed by atoms with Crippen LogP contribution in [0.3, 0.4) is 0 Å². The molecule has 0 spiro atoms. The largest absolute Gasteiger partial charge is 0.464 e. The molecule has 1 aliphatic rings. The molecule has 0 amide bonds. The summed E-state index contributed by atoms with van der Waals surface area (Å²) in [5.41, 5.74) is -0.608. The van der Waals surface area contributed by atoms with Crippen LogP contribution >= 0.6 is 0 Å². The Kier molecular flexibility index (Phi) is 7.53. The van der Waals surface area contributed by atoms with Crippen molar-refractivity contribution in [1.29, 1.82) is 0 Å². The number of oxime groups is 2. The summed E-state index contributed by atoms with van der Waals surface area (Å²) in [4.78, 5) is 22.3. The summed E-state index contributed by atoms with van der Waals surface area (Å²) in [7, 11) is 2.47. The van der Waals surface area contributed by atoms with Crippen LogP contribution in [0.4, 0.5) is 13.2 Å². The molecule has 168 valence electrons. The number of halogens is 3. The molecule has 11 heteroatoms. The lowest BCUT2D eigenvalue weighted by molar-refractivity contribution is -0.137. The van der Waals surface area contributed by atoms with E-state index in [9.17, 15) is 18.0 Å². The highest BCUT2D eigenvalue weighted by molar-refractivity contribution is 6.68. The van der Waals surface area contributed by atoms with E-state index in [1.165, 1.54) is 33.3 Å². The van der Waals surface area contributed by atoms with E-state index >= 15 is 0 Å².